The average molecular weight is 405 g/mol. The molecule has 1 unspecified atom stereocenters. The molecule has 1 atom stereocenters. The number of nitrogens with zero attached hydrogens (tertiary/aromatic N) is 2. The van der Waals surface area contributed by atoms with Crippen molar-refractivity contribution in [2.45, 2.75) is 40.0 Å². The Kier molecular flexibility index (Phi) is 8.41. The van der Waals surface area contributed by atoms with Gasteiger partial charge in [0.1, 0.15) is 9.88 Å². The molecular weight excluding hydrogens is 376 g/mol. The molecule has 2 N–H and O–H groups in total. The SMILES string of the molecule is CCOC(=O)c1sc(C(C)NC(=NC)NCc2ccccc2COC)nc1C. The molecule has 152 valence electrons. The Balaban J connectivity index is 2.01. The number of guanidine groups is 1. The topological polar surface area (TPSA) is 84.8 Å². The van der Waals surface area contributed by atoms with Gasteiger partial charge >= 0.3 is 5.97 Å². The van der Waals surface area contributed by atoms with Gasteiger partial charge in [-0.2, -0.15) is 0 Å². The van der Waals surface area contributed by atoms with E-state index in [1.54, 1.807) is 21.1 Å². The Morgan fingerprint density at radius 2 is 2.04 bits per heavy atom. The van der Waals surface area contributed by atoms with E-state index in [2.05, 4.69) is 32.7 Å². The summed E-state index contributed by atoms with van der Waals surface area (Å²) >= 11 is 1.34. The van der Waals surface area contributed by atoms with E-state index in [9.17, 15) is 4.79 Å². The van der Waals surface area contributed by atoms with Crippen LogP contribution < -0.4 is 10.6 Å². The van der Waals surface area contributed by atoms with Crippen molar-refractivity contribution in [2.75, 3.05) is 20.8 Å². The van der Waals surface area contributed by atoms with E-state index in [-0.39, 0.29) is 12.0 Å². The summed E-state index contributed by atoms with van der Waals surface area (Å²) in [4.78, 5) is 21.3. The van der Waals surface area contributed by atoms with Crippen molar-refractivity contribution in [1.82, 2.24) is 15.6 Å². The van der Waals surface area contributed by atoms with Crippen LogP contribution in [0.15, 0.2) is 29.3 Å². The molecule has 1 heterocycles. The molecule has 28 heavy (non-hydrogen) atoms. The summed E-state index contributed by atoms with van der Waals surface area (Å²) in [5.74, 6) is 0.332. The van der Waals surface area contributed by atoms with Crippen molar-refractivity contribution in [1.29, 1.82) is 0 Å². The van der Waals surface area contributed by atoms with E-state index in [4.69, 9.17) is 9.47 Å². The van der Waals surface area contributed by atoms with Gasteiger partial charge in [0.15, 0.2) is 5.96 Å². The van der Waals surface area contributed by atoms with E-state index >= 15 is 0 Å². The van der Waals surface area contributed by atoms with Crippen LogP contribution in [0.3, 0.4) is 0 Å². The molecule has 8 heteroatoms. The summed E-state index contributed by atoms with van der Waals surface area (Å²) in [7, 11) is 3.41. The molecule has 0 saturated carbocycles. The number of aryl methyl sites for hydroxylation is 1. The van der Waals surface area contributed by atoms with E-state index < -0.39 is 0 Å². The van der Waals surface area contributed by atoms with Crippen molar-refractivity contribution < 1.29 is 14.3 Å². The number of methoxy groups -OCH3 is 1. The fourth-order valence-corrected chi connectivity index (χ4v) is 3.62. The lowest BCUT2D eigenvalue weighted by Crippen LogP contribution is -2.38. The molecule has 0 fully saturated rings. The Morgan fingerprint density at radius 3 is 2.68 bits per heavy atom. The zero-order valence-electron chi connectivity index (χ0n) is 17.0. The molecule has 0 radical (unpaired) electrons. The number of esters is 1. The highest BCUT2D eigenvalue weighted by Gasteiger charge is 2.20. The van der Waals surface area contributed by atoms with Crippen molar-refractivity contribution in [3.05, 3.63) is 51.0 Å². The van der Waals surface area contributed by atoms with Gasteiger partial charge in [0, 0.05) is 20.7 Å². The second-order valence-electron chi connectivity index (χ2n) is 6.18. The van der Waals surface area contributed by atoms with E-state index in [1.165, 1.54) is 11.3 Å². The van der Waals surface area contributed by atoms with Gasteiger partial charge in [-0.15, -0.1) is 11.3 Å². The maximum atomic E-state index is 12.0. The van der Waals surface area contributed by atoms with Gasteiger partial charge in [0.2, 0.25) is 0 Å². The summed E-state index contributed by atoms with van der Waals surface area (Å²) < 4.78 is 10.3. The van der Waals surface area contributed by atoms with Gasteiger partial charge in [0.05, 0.1) is 24.9 Å². The van der Waals surface area contributed by atoms with Crippen LogP contribution in [0.25, 0.3) is 0 Å². The zero-order valence-corrected chi connectivity index (χ0v) is 17.9. The van der Waals surface area contributed by atoms with Crippen LogP contribution in [-0.4, -0.2) is 37.7 Å². The fraction of sp³-hybridized carbons (Fsp3) is 0.450. The number of rotatable bonds is 8. The molecule has 0 amide bonds. The smallest absolute Gasteiger partial charge is 0.350 e. The number of carbonyl (C=O) groups is 1. The number of hydrogen-bond donors (Lipinski definition) is 2. The minimum Gasteiger partial charge on any atom is -0.462 e. The summed E-state index contributed by atoms with van der Waals surface area (Å²) in [6.07, 6.45) is 0. The second-order valence-corrected chi connectivity index (χ2v) is 7.21. The summed E-state index contributed by atoms with van der Waals surface area (Å²) in [6.45, 7) is 7.13. The molecule has 1 aromatic heterocycles. The number of aliphatic imine (C=N–C) groups is 1. The molecule has 0 saturated heterocycles. The molecule has 1 aromatic carbocycles. The third-order valence-corrected chi connectivity index (χ3v) is 5.41. The van der Waals surface area contributed by atoms with Gasteiger partial charge in [0.25, 0.3) is 0 Å². The largest absolute Gasteiger partial charge is 0.462 e. The molecule has 7 nitrogen and oxygen atoms in total. The number of ether oxygens (including phenoxy) is 2. The number of carbonyl (C=O) groups excluding carboxylic acids is 1. The first kappa shape index (κ1) is 21.8. The van der Waals surface area contributed by atoms with Gasteiger partial charge in [-0.3, -0.25) is 4.99 Å². The second kappa shape index (κ2) is 10.8. The van der Waals surface area contributed by atoms with Crippen LogP contribution in [0, 0.1) is 6.92 Å². The van der Waals surface area contributed by atoms with Crippen molar-refractivity contribution in [3.63, 3.8) is 0 Å². The molecule has 0 aliphatic rings. The monoisotopic (exact) mass is 404 g/mol. The van der Waals surface area contributed by atoms with Crippen LogP contribution in [0.1, 0.15) is 51.4 Å². The number of benzene rings is 1. The van der Waals surface area contributed by atoms with E-state index in [1.807, 2.05) is 26.0 Å². The first-order valence-electron chi connectivity index (χ1n) is 9.17. The number of aromatic nitrogens is 1. The fourth-order valence-electron chi connectivity index (χ4n) is 2.66. The maximum absolute atomic E-state index is 12.0. The lowest BCUT2D eigenvalue weighted by atomic mass is 10.1. The first-order chi connectivity index (χ1) is 13.5. The molecule has 0 bridgehead atoms. The highest BCUT2D eigenvalue weighted by Crippen LogP contribution is 2.24. The third kappa shape index (κ3) is 5.77. The Morgan fingerprint density at radius 1 is 1.32 bits per heavy atom. The van der Waals surface area contributed by atoms with Crippen LogP contribution in [-0.2, 0) is 22.6 Å². The van der Waals surface area contributed by atoms with Crippen molar-refractivity contribution >= 4 is 23.3 Å². The normalized spacial score (nSPS) is 12.5. The number of hydrogen-bond acceptors (Lipinski definition) is 6. The first-order valence-corrected chi connectivity index (χ1v) is 9.99. The van der Waals surface area contributed by atoms with Gasteiger partial charge in [-0.05, 0) is 31.9 Å². The van der Waals surface area contributed by atoms with Crippen LogP contribution >= 0.6 is 11.3 Å². The highest BCUT2D eigenvalue weighted by molar-refractivity contribution is 7.13. The minimum absolute atomic E-state index is 0.104. The minimum atomic E-state index is -0.326. The van der Waals surface area contributed by atoms with Gasteiger partial charge < -0.3 is 20.1 Å². The van der Waals surface area contributed by atoms with E-state index in [0.717, 1.165) is 16.1 Å². The standard InChI is InChI=1S/C20H28N4O3S/c1-6-27-19(25)17-13(2)23-18(28-17)14(3)24-20(21-4)22-11-15-9-7-8-10-16(15)12-26-5/h7-10,14H,6,11-12H2,1-5H3,(H2,21,22,24). The predicted molar refractivity (Wildman–Crippen MR) is 112 cm³/mol. The molecule has 2 aromatic rings. The Hall–Kier alpha value is -2.45. The predicted octanol–water partition coefficient (Wildman–Crippen LogP) is 3.20. The van der Waals surface area contributed by atoms with Crippen LogP contribution in [0.4, 0.5) is 0 Å². The van der Waals surface area contributed by atoms with Crippen molar-refractivity contribution in [2.24, 2.45) is 4.99 Å². The third-order valence-electron chi connectivity index (χ3n) is 4.09. The van der Waals surface area contributed by atoms with Gasteiger partial charge in [-0.25, -0.2) is 9.78 Å². The highest BCUT2D eigenvalue weighted by atomic mass is 32.1. The lowest BCUT2D eigenvalue weighted by molar-refractivity contribution is 0.0531. The number of thiazole rings is 1. The molecule has 0 aliphatic heterocycles. The zero-order chi connectivity index (χ0) is 20.5. The molecular formula is C20H28N4O3S. The average Bonchev–Trinajstić information content (AvgIpc) is 3.08. The van der Waals surface area contributed by atoms with E-state index in [0.29, 0.717) is 36.3 Å². The number of nitrogens with one attached hydrogen (secondary N) is 2. The molecule has 2 rings (SSSR count). The summed E-state index contributed by atoms with van der Waals surface area (Å²) in [5.41, 5.74) is 2.97. The van der Waals surface area contributed by atoms with Crippen LogP contribution in [0.2, 0.25) is 0 Å². The maximum Gasteiger partial charge on any atom is 0.350 e. The summed E-state index contributed by atoms with van der Waals surface area (Å²) in [6, 6.07) is 8.01. The van der Waals surface area contributed by atoms with Crippen molar-refractivity contribution in [3.8, 4) is 0 Å². The lowest BCUT2D eigenvalue weighted by Gasteiger charge is -2.17. The quantitative estimate of drug-likeness (QED) is 0.399. The Labute approximate surface area is 170 Å². The van der Waals surface area contributed by atoms with Gasteiger partial charge in [-0.1, -0.05) is 24.3 Å². The molecule has 0 aliphatic carbocycles. The molecule has 0 spiro atoms. The Bertz CT molecular complexity index is 820. The van der Waals surface area contributed by atoms with Crippen LogP contribution in [0.5, 0.6) is 0 Å². The summed E-state index contributed by atoms with van der Waals surface area (Å²) in [5, 5.41) is 7.45.